The molecule has 0 heterocycles. The normalized spacial score (nSPS) is 14.1. The minimum absolute atomic E-state index is 1.02. The first-order valence-electron chi connectivity index (χ1n) is 30.0. The molecule has 1 aliphatic carbocycles. The molecule has 90 heavy (non-hydrogen) atoms. The van der Waals surface area contributed by atoms with Crippen LogP contribution >= 0.6 is 47.5 Å². The van der Waals surface area contributed by atoms with Gasteiger partial charge in [0.25, 0.3) is 0 Å². The van der Waals surface area contributed by atoms with Crippen molar-refractivity contribution in [1.29, 1.82) is 0 Å². The lowest BCUT2D eigenvalue weighted by molar-refractivity contribution is 1.72. The van der Waals surface area contributed by atoms with Gasteiger partial charge in [-0.25, -0.2) is 0 Å². The van der Waals surface area contributed by atoms with Crippen LogP contribution in [0.4, 0.5) is 0 Å². The Morgan fingerprint density at radius 3 is 0.267 bits per heavy atom. The summed E-state index contributed by atoms with van der Waals surface area (Å²) < 4.78 is 0. The number of allylic oxidation sites excluding steroid dienone is 6. The maximum absolute atomic E-state index is 4.32. The number of benzene rings is 12. The van der Waals surface area contributed by atoms with E-state index in [0.717, 1.165) is 31.9 Å². The van der Waals surface area contributed by atoms with Crippen molar-refractivity contribution in [2.24, 2.45) is 0 Å². The fourth-order valence-corrected chi connectivity index (χ4v) is 26.0. The predicted molar refractivity (Wildman–Crippen MR) is 399 cm³/mol. The van der Waals surface area contributed by atoms with Crippen LogP contribution in [0.3, 0.4) is 0 Å². The second kappa shape index (κ2) is 30.1. The molecule has 0 saturated heterocycles. The van der Waals surface area contributed by atoms with Gasteiger partial charge in [0.15, 0.2) is 0 Å². The van der Waals surface area contributed by atoms with Crippen molar-refractivity contribution >= 4 is 111 Å². The van der Waals surface area contributed by atoms with Gasteiger partial charge < -0.3 is 0 Å². The molecule has 0 N–H and O–H groups in total. The third-order valence-corrected chi connectivity index (χ3v) is 30.1. The Morgan fingerprint density at radius 2 is 0.189 bits per heavy atom. The van der Waals surface area contributed by atoms with E-state index in [1.54, 1.807) is 0 Å². The van der Waals surface area contributed by atoms with Crippen molar-refractivity contribution in [2.75, 3.05) is 0 Å². The topological polar surface area (TPSA) is 0 Å². The van der Waals surface area contributed by atoms with Gasteiger partial charge in [-0.3, -0.25) is 0 Å². The third kappa shape index (κ3) is 13.9. The summed E-state index contributed by atoms with van der Waals surface area (Å²) >= 11 is 0. The zero-order valence-electron chi connectivity index (χ0n) is 49.3. The zero-order chi connectivity index (χ0) is 60.5. The quantitative estimate of drug-likeness (QED) is 0.0593. The molecular formula is C84H60P6. The Balaban J connectivity index is 1.33. The van der Waals surface area contributed by atoms with Gasteiger partial charge in [-0.1, -0.05) is 400 Å². The molecule has 0 amide bonds. The van der Waals surface area contributed by atoms with E-state index in [1.165, 1.54) is 63.7 Å². The average Bonchev–Trinajstić information content (AvgIpc) is 0.901. The Kier molecular flexibility index (Phi) is 20.1. The van der Waals surface area contributed by atoms with Crippen LogP contribution in [0.1, 0.15) is 0 Å². The van der Waals surface area contributed by atoms with Crippen molar-refractivity contribution in [2.45, 2.75) is 0 Å². The van der Waals surface area contributed by atoms with Crippen LogP contribution in [0.15, 0.2) is 396 Å². The largest absolute Gasteiger partial charge is 0.0622 e. The highest BCUT2D eigenvalue weighted by atomic mass is 31.1. The van der Waals surface area contributed by atoms with Crippen LogP contribution in [-0.4, -0.2) is 0 Å². The van der Waals surface area contributed by atoms with Crippen molar-refractivity contribution < 1.29 is 0 Å². The van der Waals surface area contributed by atoms with E-state index in [-0.39, 0.29) is 0 Å². The second-order valence-corrected chi connectivity index (χ2v) is 33.8. The number of rotatable bonds is 18. The molecule has 0 bridgehead atoms. The van der Waals surface area contributed by atoms with Gasteiger partial charge in [0.05, 0.1) is 31.9 Å². The summed E-state index contributed by atoms with van der Waals surface area (Å²) in [6.07, 6.45) is 0. The Bertz CT molecular complexity index is 3610. The minimum Gasteiger partial charge on any atom is -0.0622 e. The summed E-state index contributed by atoms with van der Waals surface area (Å²) in [6.45, 7) is 0. The van der Waals surface area contributed by atoms with E-state index in [0.29, 0.717) is 0 Å². The van der Waals surface area contributed by atoms with Crippen LogP contribution in [-0.2, 0) is 0 Å². The van der Waals surface area contributed by atoms with E-state index in [2.05, 4.69) is 400 Å². The van der Waals surface area contributed by atoms with E-state index < -0.39 is 47.5 Å². The maximum Gasteiger partial charge on any atom is 0.0514 e. The smallest absolute Gasteiger partial charge is 0.0514 e. The Morgan fingerprint density at radius 1 is 0.111 bits per heavy atom. The van der Waals surface area contributed by atoms with Gasteiger partial charge in [0.1, 0.15) is 0 Å². The van der Waals surface area contributed by atoms with E-state index in [4.69, 9.17) is 0 Å². The molecule has 0 unspecified atom stereocenters. The van der Waals surface area contributed by atoms with Gasteiger partial charge >= 0.3 is 0 Å². The molecular weight excluding hydrogens is 1190 g/mol. The molecule has 0 radical (unpaired) electrons. The van der Waals surface area contributed by atoms with E-state index in [9.17, 15) is 0 Å². The highest BCUT2D eigenvalue weighted by Crippen LogP contribution is 2.58. The predicted octanol–water partition coefficient (Wildman–Crippen LogP) is 16.4. The van der Waals surface area contributed by atoms with Crippen molar-refractivity contribution in [3.8, 4) is 35.5 Å². The first-order chi connectivity index (χ1) is 44.7. The number of hydrogen-bond donors (Lipinski definition) is 0. The molecule has 13 rings (SSSR count). The lowest BCUT2D eigenvalue weighted by atomic mass is 10.3. The first kappa shape index (κ1) is 60.1. The van der Waals surface area contributed by atoms with Crippen LogP contribution in [0.2, 0.25) is 0 Å². The van der Waals surface area contributed by atoms with Crippen molar-refractivity contribution in [3.63, 3.8) is 0 Å². The fourth-order valence-electron chi connectivity index (χ4n) is 11.0. The minimum atomic E-state index is -1.40. The summed E-state index contributed by atoms with van der Waals surface area (Å²) in [4.78, 5) is 0. The van der Waals surface area contributed by atoms with Gasteiger partial charge in [-0.05, 0) is 111 Å². The summed E-state index contributed by atoms with van der Waals surface area (Å²) in [6, 6.07) is 133. The summed E-state index contributed by atoms with van der Waals surface area (Å²) in [7, 11) is -8.38. The molecule has 0 aliphatic heterocycles. The number of hydrogen-bond acceptors (Lipinski definition) is 0. The standard InChI is InChI=1S/C84H60P6/c1-13-37-67(38-14-1)85(68-39-15-2-16-40-68)79-61-62-81(87(71-45-21-5-22-46-71)72-47-23-6-24-48-72)83(89(75-53-29-9-30-54-75)76-55-31-10-32-56-76)65-66-84(90(77-57-33-11-34-58-77)78-59-35-12-36-60-78)82(88(73-49-25-7-26-50-73)74-51-27-8-28-52-74)64-63-80(79)86(69-41-17-3-18-42-69)70-43-19-4-20-44-70/h1-60H/b80-79-,83-81-,84-82?. The molecule has 0 atom stereocenters. The van der Waals surface area contributed by atoms with Gasteiger partial charge in [0, 0.05) is 0 Å². The van der Waals surface area contributed by atoms with Crippen LogP contribution in [0, 0.1) is 35.5 Å². The molecule has 0 aromatic heterocycles. The lowest BCUT2D eigenvalue weighted by Gasteiger charge is -2.28. The Hall–Kier alpha value is -8.88. The average molecular weight is 1260 g/mol. The van der Waals surface area contributed by atoms with Crippen molar-refractivity contribution in [1.82, 2.24) is 0 Å². The maximum atomic E-state index is 4.32. The molecule has 12 aromatic carbocycles. The summed E-state index contributed by atoms with van der Waals surface area (Å²) in [5.74, 6) is 25.9. The second-order valence-electron chi connectivity index (χ2n) is 20.9. The van der Waals surface area contributed by atoms with Gasteiger partial charge in [-0.15, -0.1) is 0 Å². The summed E-state index contributed by atoms with van der Waals surface area (Å²) in [5, 5.41) is 20.5. The zero-order valence-corrected chi connectivity index (χ0v) is 54.7. The fraction of sp³-hybridized carbons (Fsp3) is 0. The van der Waals surface area contributed by atoms with Gasteiger partial charge in [0.2, 0.25) is 0 Å². The molecule has 12 aromatic rings. The van der Waals surface area contributed by atoms with Crippen LogP contribution in [0.25, 0.3) is 0 Å². The molecule has 0 nitrogen and oxygen atoms in total. The molecule has 0 fully saturated rings. The van der Waals surface area contributed by atoms with Gasteiger partial charge in [-0.2, -0.15) is 0 Å². The molecule has 0 saturated carbocycles. The molecule has 1 aliphatic rings. The highest BCUT2D eigenvalue weighted by Gasteiger charge is 2.33. The highest BCUT2D eigenvalue weighted by molar-refractivity contribution is 7.83. The monoisotopic (exact) mass is 1250 g/mol. The SMILES string of the molecule is C1#C/C(P(c2ccccc2)c2ccccc2)=C(/P(c2ccccc2)c2ccccc2)C#C/C(P(c2ccccc2)c2ccccc2)=C(/P(c2ccccc2)c2ccccc2)C#CC(P(c2ccccc2)c2ccccc2)=C1P(c1ccccc1)c1ccccc1. The van der Waals surface area contributed by atoms with E-state index in [1.807, 2.05) is 0 Å². The third-order valence-electron chi connectivity index (χ3n) is 15.1. The van der Waals surface area contributed by atoms with Crippen LogP contribution in [0.5, 0.6) is 0 Å². The van der Waals surface area contributed by atoms with E-state index >= 15 is 0 Å². The molecule has 426 valence electrons. The van der Waals surface area contributed by atoms with Crippen LogP contribution < -0.4 is 63.7 Å². The lowest BCUT2D eigenvalue weighted by Crippen LogP contribution is -2.19. The summed E-state index contributed by atoms with van der Waals surface area (Å²) in [5.41, 5.74) is 0. The Labute approximate surface area is 538 Å². The molecule has 6 heteroatoms. The molecule has 0 spiro atoms. The first-order valence-corrected chi connectivity index (χ1v) is 38.0. The van der Waals surface area contributed by atoms with Crippen molar-refractivity contribution in [3.05, 3.63) is 396 Å².